The molecule has 3 N–H and O–H groups in total. The minimum Gasteiger partial charge on any atom is -0.507 e. The second-order valence-corrected chi connectivity index (χ2v) is 8.93. The molecule has 4 rings (SSSR count). The molecule has 1 heterocycles. The second-order valence-electron chi connectivity index (χ2n) is 8.93. The van der Waals surface area contributed by atoms with Crippen LogP contribution in [0.25, 0.3) is 10.9 Å². The number of hydrogen-bond acceptors (Lipinski definition) is 5. The molecule has 0 bridgehead atoms. The molecular weight excluding hydrogens is 448 g/mol. The summed E-state index contributed by atoms with van der Waals surface area (Å²) in [5.41, 5.74) is 4.60. The summed E-state index contributed by atoms with van der Waals surface area (Å²) in [5.74, 6) is 0.0459. The third kappa shape index (κ3) is 6.01. The summed E-state index contributed by atoms with van der Waals surface area (Å²) in [6.45, 7) is 7.25. The molecule has 6 heteroatoms. The van der Waals surface area contributed by atoms with Crippen LogP contribution >= 0.6 is 0 Å². The molecule has 6 nitrogen and oxygen atoms in total. The van der Waals surface area contributed by atoms with Gasteiger partial charge in [0.05, 0.1) is 16.8 Å². The molecule has 0 unspecified atom stereocenters. The molecular formula is C30H34N4O2. The van der Waals surface area contributed by atoms with Crippen LogP contribution in [0.2, 0.25) is 0 Å². The summed E-state index contributed by atoms with van der Waals surface area (Å²) in [4.78, 5) is 19.9. The quantitative estimate of drug-likeness (QED) is 0.236. The van der Waals surface area contributed by atoms with E-state index in [2.05, 4.69) is 34.4 Å². The van der Waals surface area contributed by atoms with Crippen LogP contribution in [0.5, 0.6) is 5.75 Å². The van der Waals surface area contributed by atoms with Gasteiger partial charge in [-0.3, -0.25) is 14.7 Å². The average molecular weight is 483 g/mol. The van der Waals surface area contributed by atoms with Crippen molar-refractivity contribution in [3.63, 3.8) is 0 Å². The zero-order valence-electron chi connectivity index (χ0n) is 21.0. The topological polar surface area (TPSA) is 77.5 Å². The summed E-state index contributed by atoms with van der Waals surface area (Å²) in [6, 6.07) is 23.0. The van der Waals surface area contributed by atoms with Crippen LogP contribution in [0.3, 0.4) is 0 Å². The highest BCUT2D eigenvalue weighted by atomic mass is 16.3. The Kier molecular flexibility index (Phi) is 8.53. The van der Waals surface area contributed by atoms with Crippen LogP contribution in [0.1, 0.15) is 48.2 Å². The molecule has 1 aromatic heterocycles. The summed E-state index contributed by atoms with van der Waals surface area (Å²) >= 11 is 0. The van der Waals surface area contributed by atoms with Crippen LogP contribution in [-0.4, -0.2) is 34.0 Å². The molecule has 4 aromatic rings. The Morgan fingerprint density at radius 2 is 1.58 bits per heavy atom. The number of rotatable bonds is 11. The second kappa shape index (κ2) is 12.2. The molecule has 0 aliphatic heterocycles. The number of aromatic nitrogens is 1. The maximum absolute atomic E-state index is 13.2. The number of carbonyl (C=O) groups excluding carboxylic acids is 1. The van der Waals surface area contributed by atoms with Crippen LogP contribution in [-0.2, 0) is 13.1 Å². The number of para-hydroxylation sites is 2. The van der Waals surface area contributed by atoms with E-state index in [9.17, 15) is 9.90 Å². The number of nitrogens with zero attached hydrogens (tertiary/aromatic N) is 2. The Bertz CT molecular complexity index is 1310. The highest BCUT2D eigenvalue weighted by Gasteiger charge is 2.15. The number of fused-ring (bicyclic) bond motifs is 1. The van der Waals surface area contributed by atoms with Crippen molar-refractivity contribution in [2.45, 2.75) is 39.8 Å². The molecule has 1 amide bonds. The number of hydrogen-bond donors (Lipinski definition) is 3. The lowest BCUT2D eigenvalue weighted by Crippen LogP contribution is -2.25. The van der Waals surface area contributed by atoms with E-state index >= 15 is 0 Å². The van der Waals surface area contributed by atoms with Crippen LogP contribution in [0.4, 0.5) is 11.4 Å². The van der Waals surface area contributed by atoms with Crippen LogP contribution in [0.15, 0.2) is 79.0 Å². The van der Waals surface area contributed by atoms with E-state index in [0.29, 0.717) is 23.4 Å². The number of amides is 1. The number of carbonyl (C=O) groups is 1. The van der Waals surface area contributed by atoms with Gasteiger partial charge in [0.2, 0.25) is 0 Å². The van der Waals surface area contributed by atoms with E-state index in [4.69, 9.17) is 0 Å². The van der Waals surface area contributed by atoms with E-state index in [0.717, 1.165) is 48.1 Å². The van der Waals surface area contributed by atoms with Gasteiger partial charge in [-0.2, -0.15) is 0 Å². The third-order valence-electron chi connectivity index (χ3n) is 6.20. The first-order valence-electron chi connectivity index (χ1n) is 12.6. The number of anilines is 2. The van der Waals surface area contributed by atoms with Gasteiger partial charge in [0.15, 0.2) is 0 Å². The Morgan fingerprint density at radius 1 is 0.861 bits per heavy atom. The van der Waals surface area contributed by atoms with E-state index in [-0.39, 0.29) is 18.2 Å². The fourth-order valence-electron chi connectivity index (χ4n) is 4.48. The van der Waals surface area contributed by atoms with Gasteiger partial charge in [-0.25, -0.2) is 0 Å². The molecule has 3 aromatic carbocycles. The normalized spacial score (nSPS) is 11.1. The Labute approximate surface area is 213 Å². The lowest BCUT2D eigenvalue weighted by atomic mass is 10.1. The molecule has 0 atom stereocenters. The Morgan fingerprint density at radius 3 is 2.39 bits per heavy atom. The van der Waals surface area contributed by atoms with Crippen molar-refractivity contribution in [1.29, 1.82) is 0 Å². The monoisotopic (exact) mass is 482 g/mol. The van der Waals surface area contributed by atoms with E-state index in [1.807, 2.05) is 66.7 Å². The molecule has 36 heavy (non-hydrogen) atoms. The predicted molar refractivity (Wildman–Crippen MR) is 147 cm³/mol. The van der Waals surface area contributed by atoms with Gasteiger partial charge in [-0.1, -0.05) is 50.2 Å². The first kappa shape index (κ1) is 25.2. The zero-order chi connectivity index (χ0) is 25.3. The molecule has 0 aliphatic carbocycles. The maximum atomic E-state index is 13.2. The summed E-state index contributed by atoms with van der Waals surface area (Å²) in [7, 11) is 0. The first-order valence-corrected chi connectivity index (χ1v) is 12.6. The largest absolute Gasteiger partial charge is 0.507 e. The van der Waals surface area contributed by atoms with Crippen LogP contribution < -0.4 is 10.6 Å². The number of benzene rings is 3. The van der Waals surface area contributed by atoms with Crippen molar-refractivity contribution in [3.05, 3.63) is 95.7 Å². The van der Waals surface area contributed by atoms with Gasteiger partial charge in [0.25, 0.3) is 5.91 Å². The van der Waals surface area contributed by atoms with Gasteiger partial charge < -0.3 is 15.7 Å². The summed E-state index contributed by atoms with van der Waals surface area (Å²) < 4.78 is 0. The number of phenols is 1. The van der Waals surface area contributed by atoms with E-state index in [1.54, 1.807) is 12.3 Å². The molecule has 0 saturated heterocycles. The van der Waals surface area contributed by atoms with Crippen molar-refractivity contribution >= 4 is 28.2 Å². The minimum atomic E-state index is -0.208. The fourth-order valence-corrected chi connectivity index (χ4v) is 4.48. The molecule has 186 valence electrons. The molecule has 0 aliphatic rings. The van der Waals surface area contributed by atoms with Crippen molar-refractivity contribution < 1.29 is 9.90 Å². The molecule has 0 fully saturated rings. The highest BCUT2D eigenvalue weighted by Crippen LogP contribution is 2.28. The SMILES string of the molecule is CCCN(CCC)Cc1cccc(CNC(=O)c2ccccc2Nc2cccc3ncccc23)c1O. The number of aromatic hydroxyl groups is 1. The lowest BCUT2D eigenvalue weighted by Gasteiger charge is -2.22. The summed E-state index contributed by atoms with van der Waals surface area (Å²) in [6.07, 6.45) is 3.90. The molecule has 0 spiro atoms. The van der Waals surface area contributed by atoms with E-state index < -0.39 is 0 Å². The fraction of sp³-hybridized carbons (Fsp3) is 0.267. The smallest absolute Gasteiger partial charge is 0.253 e. The number of nitrogens with one attached hydrogen (secondary N) is 2. The zero-order valence-corrected chi connectivity index (χ0v) is 21.0. The standard InChI is InChI=1S/C30H34N4O2/c1-3-18-34(19-4-2)21-23-11-7-10-22(29(23)35)20-32-30(36)25-12-5-6-14-28(25)33-27-16-8-15-26-24(27)13-9-17-31-26/h5-17,33,35H,3-4,18-21H2,1-2H3,(H,32,36). The maximum Gasteiger partial charge on any atom is 0.253 e. The van der Waals surface area contributed by atoms with Gasteiger partial charge in [-0.15, -0.1) is 0 Å². The lowest BCUT2D eigenvalue weighted by molar-refractivity contribution is 0.0951. The van der Waals surface area contributed by atoms with Gasteiger partial charge in [0, 0.05) is 41.5 Å². The minimum absolute atomic E-state index is 0.208. The number of phenolic OH excluding ortho intramolecular Hbond substituents is 1. The van der Waals surface area contributed by atoms with E-state index in [1.165, 1.54) is 0 Å². The highest BCUT2D eigenvalue weighted by molar-refractivity contribution is 6.02. The predicted octanol–water partition coefficient (Wildman–Crippen LogP) is 6.24. The molecule has 0 saturated carbocycles. The van der Waals surface area contributed by atoms with Crippen molar-refractivity contribution in [1.82, 2.24) is 15.2 Å². The first-order chi connectivity index (χ1) is 17.6. The van der Waals surface area contributed by atoms with Crippen LogP contribution in [0, 0.1) is 0 Å². The van der Waals surface area contributed by atoms with Crippen molar-refractivity contribution in [2.24, 2.45) is 0 Å². The average Bonchev–Trinajstić information content (AvgIpc) is 2.90. The third-order valence-corrected chi connectivity index (χ3v) is 6.20. The van der Waals surface area contributed by atoms with Gasteiger partial charge in [0.1, 0.15) is 5.75 Å². The Hall–Kier alpha value is -3.90. The molecule has 0 radical (unpaired) electrons. The van der Waals surface area contributed by atoms with Crippen molar-refractivity contribution in [2.75, 3.05) is 18.4 Å². The van der Waals surface area contributed by atoms with Gasteiger partial charge in [-0.05, 0) is 62.3 Å². The summed E-state index contributed by atoms with van der Waals surface area (Å²) in [5, 5.41) is 18.3. The number of pyridine rings is 1. The Balaban J connectivity index is 1.49. The van der Waals surface area contributed by atoms with Crippen molar-refractivity contribution in [3.8, 4) is 5.75 Å². The van der Waals surface area contributed by atoms with Gasteiger partial charge >= 0.3 is 0 Å².